The fraction of sp³-hybridized carbons (Fsp3) is 0.0625. The van der Waals surface area contributed by atoms with Gasteiger partial charge in [-0.05, 0) is 42.8 Å². The first-order valence-electron chi connectivity index (χ1n) is 6.02. The fourth-order valence-corrected chi connectivity index (χ4v) is 2.23. The number of rotatable bonds is 2. The second-order valence-corrected chi connectivity index (χ2v) is 4.77. The van der Waals surface area contributed by atoms with Crippen molar-refractivity contribution >= 4 is 22.5 Å². The predicted octanol–water partition coefficient (Wildman–Crippen LogP) is 4.99. The summed E-state index contributed by atoms with van der Waals surface area (Å²) in [6.45, 7) is 2.04. The van der Waals surface area contributed by atoms with E-state index in [1.54, 1.807) is 6.20 Å². The summed E-state index contributed by atoms with van der Waals surface area (Å²) in [5.41, 5.74) is 1.92. The Hall–Kier alpha value is -2.06. The lowest BCUT2D eigenvalue weighted by Crippen LogP contribution is -1.88. The first kappa shape index (κ1) is 12.0. The number of halogens is 1. The Bertz CT molecular complexity index is 740. The normalized spacial score (nSPS) is 10.6. The minimum absolute atomic E-state index is 0.632. The zero-order valence-corrected chi connectivity index (χ0v) is 11.2. The quantitative estimate of drug-likeness (QED) is 0.654. The minimum atomic E-state index is 0.632. The van der Waals surface area contributed by atoms with Gasteiger partial charge in [0.2, 0.25) is 0 Å². The summed E-state index contributed by atoms with van der Waals surface area (Å²) in [5.74, 6) is 1.57. The number of aromatic nitrogens is 1. The molecule has 0 aliphatic heterocycles. The molecule has 0 aliphatic rings. The fourth-order valence-electron chi connectivity index (χ4n) is 2.01. The average molecular weight is 270 g/mol. The molecule has 0 unspecified atom stereocenters. The molecule has 19 heavy (non-hydrogen) atoms. The van der Waals surface area contributed by atoms with E-state index in [1.165, 1.54) is 0 Å². The lowest BCUT2D eigenvalue weighted by Gasteiger charge is -2.09. The van der Waals surface area contributed by atoms with Crippen LogP contribution in [-0.4, -0.2) is 4.98 Å². The maximum absolute atomic E-state index is 6.14. The van der Waals surface area contributed by atoms with Crippen LogP contribution in [0.5, 0.6) is 11.5 Å². The van der Waals surface area contributed by atoms with E-state index in [0.29, 0.717) is 5.02 Å². The van der Waals surface area contributed by atoms with Crippen molar-refractivity contribution in [1.82, 2.24) is 4.98 Å². The summed E-state index contributed by atoms with van der Waals surface area (Å²) in [6.07, 6.45) is 1.71. The summed E-state index contributed by atoms with van der Waals surface area (Å²) in [7, 11) is 0. The van der Waals surface area contributed by atoms with Gasteiger partial charge in [-0.25, -0.2) is 0 Å². The van der Waals surface area contributed by atoms with Crippen molar-refractivity contribution in [2.75, 3.05) is 0 Å². The molecule has 0 radical (unpaired) electrons. The van der Waals surface area contributed by atoms with E-state index >= 15 is 0 Å². The molecule has 2 nitrogen and oxygen atoms in total. The van der Waals surface area contributed by atoms with Gasteiger partial charge in [-0.1, -0.05) is 29.8 Å². The van der Waals surface area contributed by atoms with E-state index in [1.807, 2.05) is 55.5 Å². The first-order valence-corrected chi connectivity index (χ1v) is 6.39. The molecule has 0 N–H and O–H groups in total. The van der Waals surface area contributed by atoms with Crippen LogP contribution in [0, 0.1) is 6.92 Å². The van der Waals surface area contributed by atoms with E-state index in [9.17, 15) is 0 Å². The Morgan fingerprint density at radius 2 is 1.89 bits per heavy atom. The average Bonchev–Trinajstić information content (AvgIpc) is 2.40. The highest BCUT2D eigenvalue weighted by Gasteiger charge is 2.06. The third-order valence-electron chi connectivity index (χ3n) is 2.90. The molecule has 1 heterocycles. The standard InChI is InChI=1S/C16H12ClNO/c1-11-4-2-5-12(10-11)19-15-8-9-18-16-13(15)6-3-7-14(16)17/h2-10H,1H3. The van der Waals surface area contributed by atoms with Gasteiger partial charge in [0.05, 0.1) is 10.5 Å². The van der Waals surface area contributed by atoms with Gasteiger partial charge in [-0.3, -0.25) is 4.98 Å². The predicted molar refractivity (Wildman–Crippen MR) is 78.0 cm³/mol. The molecule has 0 spiro atoms. The molecule has 0 saturated heterocycles. The first-order chi connectivity index (χ1) is 9.24. The van der Waals surface area contributed by atoms with E-state index in [4.69, 9.17) is 16.3 Å². The molecule has 94 valence electrons. The van der Waals surface area contributed by atoms with Crippen molar-refractivity contribution < 1.29 is 4.74 Å². The zero-order chi connectivity index (χ0) is 13.2. The van der Waals surface area contributed by atoms with Gasteiger partial charge in [0.15, 0.2) is 0 Å². The zero-order valence-electron chi connectivity index (χ0n) is 10.4. The lowest BCUT2D eigenvalue weighted by molar-refractivity contribution is 0.487. The third-order valence-corrected chi connectivity index (χ3v) is 3.20. The van der Waals surface area contributed by atoms with Crippen LogP contribution < -0.4 is 4.74 Å². The number of ether oxygens (including phenoxy) is 1. The number of fused-ring (bicyclic) bond motifs is 1. The lowest BCUT2D eigenvalue weighted by atomic mass is 10.2. The topological polar surface area (TPSA) is 22.1 Å². The van der Waals surface area contributed by atoms with Gasteiger partial charge in [-0.2, -0.15) is 0 Å². The van der Waals surface area contributed by atoms with Crippen molar-refractivity contribution in [3.8, 4) is 11.5 Å². The van der Waals surface area contributed by atoms with Crippen LogP contribution in [-0.2, 0) is 0 Å². The molecule has 3 aromatic rings. The Balaban J connectivity index is 2.08. The van der Waals surface area contributed by atoms with E-state index in [2.05, 4.69) is 4.98 Å². The number of pyridine rings is 1. The number of hydrogen-bond acceptors (Lipinski definition) is 2. The van der Waals surface area contributed by atoms with Gasteiger partial charge in [0.25, 0.3) is 0 Å². The van der Waals surface area contributed by atoms with Crippen molar-refractivity contribution in [2.45, 2.75) is 6.92 Å². The minimum Gasteiger partial charge on any atom is -0.457 e. The van der Waals surface area contributed by atoms with Gasteiger partial charge in [0.1, 0.15) is 11.5 Å². The van der Waals surface area contributed by atoms with Crippen molar-refractivity contribution in [3.05, 3.63) is 65.3 Å². The maximum atomic E-state index is 6.14. The summed E-state index contributed by atoms with van der Waals surface area (Å²) in [4.78, 5) is 4.29. The van der Waals surface area contributed by atoms with Gasteiger partial charge < -0.3 is 4.74 Å². The Morgan fingerprint density at radius 1 is 1.05 bits per heavy atom. The van der Waals surface area contributed by atoms with Gasteiger partial charge in [-0.15, -0.1) is 0 Å². The van der Waals surface area contributed by atoms with Crippen molar-refractivity contribution in [1.29, 1.82) is 0 Å². The molecule has 2 aromatic carbocycles. The molecule has 0 saturated carbocycles. The van der Waals surface area contributed by atoms with Crippen LogP contribution in [0.2, 0.25) is 5.02 Å². The summed E-state index contributed by atoms with van der Waals surface area (Å²) < 4.78 is 5.93. The highest BCUT2D eigenvalue weighted by molar-refractivity contribution is 6.35. The molecular weight excluding hydrogens is 258 g/mol. The van der Waals surface area contributed by atoms with Crippen LogP contribution in [0.3, 0.4) is 0 Å². The molecule has 0 fully saturated rings. The summed E-state index contributed by atoms with van der Waals surface area (Å²) in [6, 6.07) is 15.5. The Kier molecular flexibility index (Phi) is 3.10. The largest absolute Gasteiger partial charge is 0.457 e. The van der Waals surface area contributed by atoms with Crippen LogP contribution in [0.25, 0.3) is 10.9 Å². The third kappa shape index (κ3) is 2.40. The molecular formula is C16H12ClNO. The van der Waals surface area contributed by atoms with Crippen LogP contribution in [0.15, 0.2) is 54.7 Å². The Morgan fingerprint density at radius 3 is 2.74 bits per heavy atom. The molecule has 0 atom stereocenters. The van der Waals surface area contributed by atoms with E-state index in [-0.39, 0.29) is 0 Å². The monoisotopic (exact) mass is 269 g/mol. The molecule has 3 heteroatoms. The SMILES string of the molecule is Cc1cccc(Oc2ccnc3c(Cl)cccc23)c1. The highest BCUT2D eigenvalue weighted by Crippen LogP contribution is 2.31. The van der Waals surface area contributed by atoms with E-state index < -0.39 is 0 Å². The van der Waals surface area contributed by atoms with Crippen LogP contribution in [0.4, 0.5) is 0 Å². The number of aryl methyl sites for hydroxylation is 1. The molecule has 1 aromatic heterocycles. The van der Waals surface area contributed by atoms with Crippen LogP contribution >= 0.6 is 11.6 Å². The second kappa shape index (κ2) is 4.90. The number of nitrogens with zero attached hydrogens (tertiary/aromatic N) is 1. The van der Waals surface area contributed by atoms with Gasteiger partial charge in [0, 0.05) is 11.6 Å². The molecule has 0 aliphatic carbocycles. The smallest absolute Gasteiger partial charge is 0.138 e. The van der Waals surface area contributed by atoms with Crippen molar-refractivity contribution in [2.24, 2.45) is 0 Å². The number of para-hydroxylation sites is 1. The molecule has 0 amide bonds. The maximum Gasteiger partial charge on any atom is 0.138 e. The second-order valence-electron chi connectivity index (χ2n) is 4.36. The summed E-state index contributed by atoms with van der Waals surface area (Å²) in [5, 5.41) is 1.55. The Labute approximate surface area is 116 Å². The summed E-state index contributed by atoms with van der Waals surface area (Å²) >= 11 is 6.14. The van der Waals surface area contributed by atoms with Gasteiger partial charge >= 0.3 is 0 Å². The molecule has 0 bridgehead atoms. The van der Waals surface area contributed by atoms with Crippen molar-refractivity contribution in [3.63, 3.8) is 0 Å². The number of benzene rings is 2. The van der Waals surface area contributed by atoms with Crippen LogP contribution in [0.1, 0.15) is 5.56 Å². The highest BCUT2D eigenvalue weighted by atomic mass is 35.5. The number of hydrogen-bond donors (Lipinski definition) is 0. The molecule has 3 rings (SSSR count). The van der Waals surface area contributed by atoms with E-state index in [0.717, 1.165) is 28.0 Å².